The molecule has 3 aliphatic heterocycles. The second kappa shape index (κ2) is 7.83. The largest absolute Gasteiger partial charge is 0.340 e. The minimum Gasteiger partial charge on any atom is -0.340 e. The lowest BCUT2D eigenvalue weighted by atomic mass is 9.88. The van der Waals surface area contributed by atoms with Crippen LogP contribution in [-0.2, 0) is 9.59 Å². The maximum absolute atomic E-state index is 12.6. The summed E-state index contributed by atoms with van der Waals surface area (Å²) in [6.45, 7) is 10.7. The third-order valence-corrected chi connectivity index (χ3v) is 6.08. The molecule has 0 aromatic rings. The van der Waals surface area contributed by atoms with Gasteiger partial charge < -0.3 is 15.1 Å². The highest BCUT2D eigenvalue weighted by Crippen LogP contribution is 2.20. The van der Waals surface area contributed by atoms with Gasteiger partial charge in [-0.05, 0) is 45.2 Å². The lowest BCUT2D eigenvalue weighted by Gasteiger charge is -2.40. The van der Waals surface area contributed by atoms with Gasteiger partial charge in [-0.1, -0.05) is 6.92 Å². The SMILES string of the molecule is CC(C(=O)N1CCN(CC(=O)N2CCCCC2C)CC1)C1CNC1. The van der Waals surface area contributed by atoms with E-state index in [1.54, 1.807) is 0 Å². The topological polar surface area (TPSA) is 55.9 Å². The summed E-state index contributed by atoms with van der Waals surface area (Å²) < 4.78 is 0. The Hall–Kier alpha value is -1.14. The van der Waals surface area contributed by atoms with Crippen molar-refractivity contribution < 1.29 is 9.59 Å². The fraction of sp³-hybridized carbons (Fsp3) is 0.889. The maximum Gasteiger partial charge on any atom is 0.236 e. The van der Waals surface area contributed by atoms with Crippen LogP contribution in [0.3, 0.4) is 0 Å². The summed E-state index contributed by atoms with van der Waals surface area (Å²) in [5.41, 5.74) is 0. The number of hydrogen-bond donors (Lipinski definition) is 1. The zero-order valence-electron chi connectivity index (χ0n) is 15.2. The van der Waals surface area contributed by atoms with Crippen LogP contribution >= 0.6 is 0 Å². The summed E-state index contributed by atoms with van der Waals surface area (Å²) in [5, 5.41) is 3.24. The standard InChI is InChI=1S/C18H32N4O2/c1-14-5-3-4-6-22(14)17(23)13-20-7-9-21(10-8-20)18(24)15(2)16-11-19-12-16/h14-16,19H,3-13H2,1-2H3. The Kier molecular flexibility index (Phi) is 5.76. The molecule has 6 nitrogen and oxygen atoms in total. The van der Waals surface area contributed by atoms with Crippen LogP contribution < -0.4 is 5.32 Å². The van der Waals surface area contributed by atoms with E-state index in [0.29, 0.717) is 18.5 Å². The maximum atomic E-state index is 12.6. The van der Waals surface area contributed by atoms with Crippen molar-refractivity contribution in [2.24, 2.45) is 11.8 Å². The molecular weight excluding hydrogens is 304 g/mol. The molecule has 6 heteroatoms. The lowest BCUT2D eigenvalue weighted by molar-refractivity contribution is -0.140. The monoisotopic (exact) mass is 336 g/mol. The molecule has 3 saturated heterocycles. The van der Waals surface area contributed by atoms with E-state index in [-0.39, 0.29) is 17.7 Å². The summed E-state index contributed by atoms with van der Waals surface area (Å²) in [6.07, 6.45) is 3.49. The van der Waals surface area contributed by atoms with Gasteiger partial charge in [0.05, 0.1) is 6.54 Å². The van der Waals surface area contributed by atoms with E-state index in [0.717, 1.165) is 58.7 Å². The first-order valence-corrected chi connectivity index (χ1v) is 9.57. The molecule has 0 bridgehead atoms. The van der Waals surface area contributed by atoms with Crippen LogP contribution in [0.25, 0.3) is 0 Å². The van der Waals surface area contributed by atoms with Crippen molar-refractivity contribution in [3.63, 3.8) is 0 Å². The number of nitrogens with one attached hydrogen (secondary N) is 1. The molecular formula is C18H32N4O2. The number of piperazine rings is 1. The van der Waals surface area contributed by atoms with Crippen molar-refractivity contribution >= 4 is 11.8 Å². The average molecular weight is 336 g/mol. The molecule has 2 atom stereocenters. The summed E-state index contributed by atoms with van der Waals surface area (Å²) in [4.78, 5) is 31.3. The molecule has 0 spiro atoms. The van der Waals surface area contributed by atoms with Gasteiger partial charge in [0.15, 0.2) is 0 Å². The molecule has 24 heavy (non-hydrogen) atoms. The van der Waals surface area contributed by atoms with Crippen molar-refractivity contribution in [3.8, 4) is 0 Å². The van der Waals surface area contributed by atoms with E-state index in [1.807, 2.05) is 9.80 Å². The number of hydrogen-bond acceptors (Lipinski definition) is 4. The number of nitrogens with zero attached hydrogens (tertiary/aromatic N) is 3. The van der Waals surface area contributed by atoms with E-state index in [9.17, 15) is 9.59 Å². The van der Waals surface area contributed by atoms with Gasteiger partial charge in [-0.3, -0.25) is 14.5 Å². The van der Waals surface area contributed by atoms with Crippen LogP contribution in [0.2, 0.25) is 0 Å². The Balaban J connectivity index is 1.43. The van der Waals surface area contributed by atoms with Crippen LogP contribution in [0.4, 0.5) is 0 Å². The predicted molar refractivity (Wildman–Crippen MR) is 93.6 cm³/mol. The molecule has 3 aliphatic rings. The first-order valence-electron chi connectivity index (χ1n) is 9.57. The van der Waals surface area contributed by atoms with E-state index in [1.165, 1.54) is 6.42 Å². The van der Waals surface area contributed by atoms with Gasteiger partial charge in [0.2, 0.25) is 11.8 Å². The van der Waals surface area contributed by atoms with Crippen molar-refractivity contribution in [2.75, 3.05) is 52.4 Å². The molecule has 0 saturated carbocycles. The zero-order chi connectivity index (χ0) is 17.1. The van der Waals surface area contributed by atoms with Gasteiger partial charge in [-0.2, -0.15) is 0 Å². The van der Waals surface area contributed by atoms with E-state index in [4.69, 9.17) is 0 Å². The highest BCUT2D eigenvalue weighted by Gasteiger charge is 2.33. The van der Waals surface area contributed by atoms with Gasteiger partial charge in [0.25, 0.3) is 0 Å². The van der Waals surface area contributed by atoms with Crippen molar-refractivity contribution in [2.45, 2.75) is 39.2 Å². The third-order valence-electron chi connectivity index (χ3n) is 6.08. The molecule has 136 valence electrons. The average Bonchev–Trinajstić information content (AvgIpc) is 2.53. The van der Waals surface area contributed by atoms with Crippen LogP contribution in [0.5, 0.6) is 0 Å². The van der Waals surface area contributed by atoms with Crippen molar-refractivity contribution in [3.05, 3.63) is 0 Å². The second-order valence-electron chi connectivity index (χ2n) is 7.74. The quantitative estimate of drug-likeness (QED) is 0.807. The van der Waals surface area contributed by atoms with Crippen LogP contribution in [0, 0.1) is 11.8 Å². The summed E-state index contributed by atoms with van der Waals surface area (Å²) >= 11 is 0. The highest BCUT2D eigenvalue weighted by atomic mass is 16.2. The minimum atomic E-state index is 0.119. The van der Waals surface area contributed by atoms with E-state index in [2.05, 4.69) is 24.1 Å². The summed E-state index contributed by atoms with van der Waals surface area (Å²) in [5.74, 6) is 1.17. The number of likely N-dealkylation sites (tertiary alicyclic amines) is 1. The first-order chi connectivity index (χ1) is 11.6. The Labute approximate surface area is 145 Å². The number of rotatable bonds is 4. The Morgan fingerprint density at radius 3 is 2.38 bits per heavy atom. The van der Waals surface area contributed by atoms with Gasteiger partial charge in [-0.25, -0.2) is 0 Å². The van der Waals surface area contributed by atoms with Gasteiger partial charge in [0.1, 0.15) is 0 Å². The van der Waals surface area contributed by atoms with Crippen molar-refractivity contribution in [1.29, 1.82) is 0 Å². The Morgan fingerprint density at radius 1 is 1.08 bits per heavy atom. The molecule has 0 radical (unpaired) electrons. The lowest BCUT2D eigenvalue weighted by Crippen LogP contribution is -2.56. The molecule has 2 amide bonds. The number of carbonyl (C=O) groups is 2. The molecule has 2 unspecified atom stereocenters. The molecule has 0 aliphatic carbocycles. The number of amides is 2. The molecule has 3 rings (SSSR count). The number of carbonyl (C=O) groups excluding carboxylic acids is 2. The smallest absolute Gasteiger partial charge is 0.236 e. The Morgan fingerprint density at radius 2 is 1.79 bits per heavy atom. The van der Waals surface area contributed by atoms with Crippen LogP contribution in [-0.4, -0.2) is 84.9 Å². The zero-order valence-corrected chi connectivity index (χ0v) is 15.2. The van der Waals surface area contributed by atoms with Gasteiger partial charge in [-0.15, -0.1) is 0 Å². The molecule has 0 aromatic heterocycles. The minimum absolute atomic E-state index is 0.119. The van der Waals surface area contributed by atoms with E-state index < -0.39 is 0 Å². The third kappa shape index (κ3) is 3.91. The molecule has 0 aromatic carbocycles. The number of piperidine rings is 1. The summed E-state index contributed by atoms with van der Waals surface area (Å²) in [7, 11) is 0. The predicted octanol–water partition coefficient (Wildman–Crippen LogP) is 0.387. The summed E-state index contributed by atoms with van der Waals surface area (Å²) in [6, 6.07) is 0.381. The van der Waals surface area contributed by atoms with Crippen LogP contribution in [0.15, 0.2) is 0 Å². The van der Waals surface area contributed by atoms with Gasteiger partial charge >= 0.3 is 0 Å². The first kappa shape index (κ1) is 17.7. The fourth-order valence-electron chi connectivity index (χ4n) is 4.03. The normalized spacial score (nSPS) is 27.7. The highest BCUT2D eigenvalue weighted by molar-refractivity contribution is 5.80. The fourth-order valence-corrected chi connectivity index (χ4v) is 4.03. The molecule has 3 fully saturated rings. The van der Waals surface area contributed by atoms with Gasteiger partial charge in [0, 0.05) is 44.7 Å². The molecule has 3 heterocycles. The second-order valence-corrected chi connectivity index (χ2v) is 7.74. The van der Waals surface area contributed by atoms with Crippen LogP contribution in [0.1, 0.15) is 33.1 Å². The van der Waals surface area contributed by atoms with Crippen molar-refractivity contribution in [1.82, 2.24) is 20.0 Å². The Bertz CT molecular complexity index is 458. The van der Waals surface area contributed by atoms with E-state index >= 15 is 0 Å². The molecule has 1 N–H and O–H groups in total.